The van der Waals surface area contributed by atoms with Crippen LogP contribution in [0.1, 0.15) is 173 Å². The molecular formula is C75H126N12O14. The van der Waals surface area contributed by atoms with Gasteiger partial charge < -0.3 is 60.7 Å². The molecule has 6 N–H and O–H groups in total. The number of carbonyl (C=O) groups excluding carboxylic acids is 12. The monoisotopic (exact) mass is 1420 g/mol. The molecule has 0 aromatic rings. The second kappa shape index (κ2) is 45.1. The molecule has 26 nitrogen and oxygen atoms in total. The fourth-order valence-corrected chi connectivity index (χ4v) is 11.9. The highest BCUT2D eigenvalue weighted by Crippen LogP contribution is 2.24. The van der Waals surface area contributed by atoms with Crippen molar-refractivity contribution in [2.45, 2.75) is 234 Å². The number of aliphatic hydroxyl groups excluding tert-OH is 1. The van der Waals surface area contributed by atoms with Crippen molar-refractivity contribution in [1.29, 1.82) is 0 Å². The molecule has 0 spiro atoms. The molecule has 11 atom stereocenters. The van der Waals surface area contributed by atoms with Crippen LogP contribution in [-0.4, -0.2) is 250 Å². The van der Waals surface area contributed by atoms with Crippen LogP contribution in [0.15, 0.2) is 73.4 Å². The highest BCUT2D eigenvalue weighted by atomic mass is 16.5. The van der Waals surface area contributed by atoms with Gasteiger partial charge in [-0.3, -0.25) is 62.7 Å². The minimum atomic E-state index is -1.50. The summed E-state index contributed by atoms with van der Waals surface area (Å²) in [6.07, 6.45) is 12.0. The van der Waals surface area contributed by atoms with Gasteiger partial charge in [-0.25, -0.2) is 5.06 Å². The van der Waals surface area contributed by atoms with Crippen LogP contribution in [0.25, 0.3) is 0 Å². The Kier molecular flexibility index (Phi) is 40.6. The van der Waals surface area contributed by atoms with Gasteiger partial charge >= 0.3 is 0 Å². The number of likely N-dealkylation sites (N-methyl/N-ethyl adjacent to an activating group) is 7. The standard InChI is InChI=1S/C75H126N12O14/c1-24-34-54(26-3)44-61(69(94)77-57(40-48(8)9)72(97)81(18)52(15)39-47(6)7)84(21)74(99)62(42-50(12)13)85(22)71(96)56(36-31-30-35-55(27-4)70(95)86(23)101)76-68(93)60(41-49(10)11)83(20)64(90)45-58(73(98)87-37-32-29-33-38-87)78-67(92)59(28-5)82(19)65(91)46-80(17)75(100)66(53(16)88)79-63(89)43-51(14)25-2/h24,26-27,30-31,34-35,47-53,56-62,66,88,101H,1,3-4,25,28-29,32-33,36-46H2,2,5-23H3,(H,76,93)(H,77,94)(H,78,92)(H,79,89)/b31-30+,54-34+,55-35+/t51?,52-,53?,56+,57+,58?,59+,60+,61+,62+,66+/m1/s1. The number of amides is 12. The first-order valence-electron chi connectivity index (χ1n) is 35.8. The number of hydroxylamine groups is 2. The normalized spacial score (nSPS) is 16.0. The van der Waals surface area contributed by atoms with Crippen molar-refractivity contribution < 1.29 is 67.8 Å². The predicted molar refractivity (Wildman–Crippen MR) is 392 cm³/mol. The highest BCUT2D eigenvalue weighted by Gasteiger charge is 2.42. The van der Waals surface area contributed by atoms with E-state index in [-0.39, 0.29) is 79.7 Å². The molecule has 0 aromatic carbocycles. The lowest BCUT2D eigenvalue weighted by Crippen LogP contribution is -2.60. The number of nitrogens with one attached hydrogen (secondary N) is 4. The van der Waals surface area contributed by atoms with E-state index in [1.807, 2.05) is 62.3 Å². The van der Waals surface area contributed by atoms with Crippen LogP contribution in [-0.2, 0) is 57.5 Å². The quantitative estimate of drug-likeness (QED) is 0.0178. The van der Waals surface area contributed by atoms with Crippen LogP contribution in [0.5, 0.6) is 0 Å². The molecule has 101 heavy (non-hydrogen) atoms. The van der Waals surface area contributed by atoms with E-state index < -0.39 is 132 Å². The third-order valence-electron chi connectivity index (χ3n) is 18.4. The lowest BCUT2D eigenvalue weighted by molar-refractivity contribution is -0.154. The lowest BCUT2D eigenvalue weighted by Gasteiger charge is -2.38. The predicted octanol–water partition coefficient (Wildman–Crippen LogP) is 5.95. The van der Waals surface area contributed by atoms with E-state index in [1.54, 1.807) is 29.8 Å². The molecule has 1 saturated heterocycles. The van der Waals surface area contributed by atoms with Gasteiger partial charge in [0.1, 0.15) is 48.3 Å². The molecule has 0 radical (unpaired) electrons. The molecule has 0 aromatic heterocycles. The third kappa shape index (κ3) is 29.9. The van der Waals surface area contributed by atoms with E-state index in [4.69, 9.17) is 0 Å². The molecular weight excluding hydrogens is 1290 g/mol. The molecule has 26 heteroatoms. The zero-order chi connectivity index (χ0) is 77.5. The van der Waals surface area contributed by atoms with Crippen molar-refractivity contribution in [1.82, 2.24) is 60.6 Å². The average molecular weight is 1420 g/mol. The molecule has 0 bridgehead atoms. The van der Waals surface area contributed by atoms with E-state index in [2.05, 4.69) is 54.9 Å². The zero-order valence-corrected chi connectivity index (χ0v) is 64.5. The fraction of sp³-hybridized carbons (Fsp3) is 0.680. The maximum absolute atomic E-state index is 15.4. The zero-order valence-electron chi connectivity index (χ0n) is 64.5. The van der Waals surface area contributed by atoms with Gasteiger partial charge in [-0.2, -0.15) is 0 Å². The van der Waals surface area contributed by atoms with Gasteiger partial charge in [0.25, 0.3) is 5.91 Å². The Morgan fingerprint density at radius 2 is 1.01 bits per heavy atom. The largest absolute Gasteiger partial charge is 0.391 e. The summed E-state index contributed by atoms with van der Waals surface area (Å²) in [6.45, 7) is 35.6. The van der Waals surface area contributed by atoms with E-state index in [0.717, 1.165) is 34.6 Å². The van der Waals surface area contributed by atoms with E-state index in [9.17, 15) is 53.5 Å². The first-order chi connectivity index (χ1) is 47.1. The number of aliphatic hydroxyl groups is 1. The molecule has 1 fully saturated rings. The number of hydrogen-bond acceptors (Lipinski definition) is 14. The Morgan fingerprint density at radius 1 is 0.505 bits per heavy atom. The second-order valence-corrected chi connectivity index (χ2v) is 28.9. The summed E-state index contributed by atoms with van der Waals surface area (Å²) in [7, 11) is 9.74. The van der Waals surface area contributed by atoms with Gasteiger partial charge in [-0.1, -0.05) is 139 Å². The molecule has 0 saturated carbocycles. The molecule has 570 valence electrons. The average Bonchev–Trinajstić information content (AvgIpc) is 0.809. The van der Waals surface area contributed by atoms with Crippen LogP contribution < -0.4 is 21.3 Å². The Morgan fingerprint density at radius 3 is 1.51 bits per heavy atom. The molecule has 1 heterocycles. The van der Waals surface area contributed by atoms with E-state index in [1.165, 1.54) is 88.4 Å². The summed E-state index contributed by atoms with van der Waals surface area (Å²) in [4.78, 5) is 181. The van der Waals surface area contributed by atoms with Crippen LogP contribution in [0.2, 0.25) is 0 Å². The molecule has 0 aliphatic carbocycles. The number of piperidine rings is 1. The van der Waals surface area contributed by atoms with Crippen LogP contribution >= 0.6 is 0 Å². The summed E-state index contributed by atoms with van der Waals surface area (Å²) in [5.74, 6) is -8.14. The number of allylic oxidation sites excluding steroid dienone is 5. The number of carbonyl (C=O) groups is 12. The fourth-order valence-electron chi connectivity index (χ4n) is 11.9. The third-order valence-corrected chi connectivity index (χ3v) is 18.4. The van der Waals surface area contributed by atoms with Crippen molar-refractivity contribution in [2.75, 3.05) is 69.0 Å². The summed E-state index contributed by atoms with van der Waals surface area (Å²) < 4.78 is 0. The first-order valence-corrected chi connectivity index (χ1v) is 35.8. The highest BCUT2D eigenvalue weighted by molar-refractivity contribution is 5.99. The van der Waals surface area contributed by atoms with Crippen LogP contribution in [0.4, 0.5) is 0 Å². The first kappa shape index (κ1) is 91.0. The summed E-state index contributed by atoms with van der Waals surface area (Å²) in [5.41, 5.74) is 0.526. The van der Waals surface area contributed by atoms with E-state index in [0.29, 0.717) is 55.3 Å². The van der Waals surface area contributed by atoms with Gasteiger partial charge in [0.15, 0.2) is 0 Å². The summed E-state index contributed by atoms with van der Waals surface area (Å²) in [6, 6.07) is -10.5. The smallest absolute Gasteiger partial charge is 0.276 e. The molecule has 1 aliphatic heterocycles. The Hall–Kier alpha value is -8.00. The maximum atomic E-state index is 15.4. The van der Waals surface area contributed by atoms with Gasteiger partial charge in [0.2, 0.25) is 65.0 Å². The summed E-state index contributed by atoms with van der Waals surface area (Å²) in [5, 5.41) is 32.0. The Labute approximate surface area is 602 Å². The Balaban J connectivity index is 4.03. The van der Waals surface area contributed by atoms with Gasteiger partial charge in [0.05, 0.1) is 19.1 Å². The number of nitrogens with zero attached hydrogens (tertiary/aromatic N) is 8. The number of likely N-dealkylation sites (tertiary alicyclic amines) is 1. The minimum Gasteiger partial charge on any atom is -0.391 e. The molecule has 1 aliphatic rings. The van der Waals surface area contributed by atoms with Crippen LogP contribution in [0.3, 0.4) is 0 Å². The van der Waals surface area contributed by atoms with Gasteiger partial charge in [0, 0.05) is 86.9 Å². The summed E-state index contributed by atoms with van der Waals surface area (Å²) >= 11 is 0. The molecule has 1 rings (SSSR count). The van der Waals surface area contributed by atoms with Gasteiger partial charge in [-0.05, 0) is 113 Å². The van der Waals surface area contributed by atoms with Crippen molar-refractivity contribution in [2.24, 2.45) is 29.6 Å². The molecule has 12 amide bonds. The van der Waals surface area contributed by atoms with Crippen molar-refractivity contribution in [3.63, 3.8) is 0 Å². The van der Waals surface area contributed by atoms with Gasteiger partial charge in [-0.15, -0.1) is 0 Å². The van der Waals surface area contributed by atoms with Crippen molar-refractivity contribution in [3.8, 4) is 0 Å². The lowest BCUT2D eigenvalue weighted by atomic mass is 9.96. The SMILES string of the molecule is C=C/C=C(\C=C)C[C@@H](C(=O)N[C@@H](CC(C)C)C(=O)N(C)[C@H](C)CC(C)C)N(C)C(=O)[C@H](CC(C)C)N(C)C(=O)[C@H](C/C=C/C=C(\C=C)C(=O)N(C)O)NC(=O)[C@H](CC(C)C)N(C)C(=O)CC(NC(=O)[C@H](CC)N(C)C(=O)CN(C)C(=O)[C@@H](NC(=O)CC(C)CC)C(C)O)C(=O)N1CCCCC1. The maximum Gasteiger partial charge on any atom is 0.276 e. The van der Waals surface area contributed by atoms with Crippen molar-refractivity contribution >= 4 is 70.9 Å². The van der Waals surface area contributed by atoms with Crippen molar-refractivity contribution in [3.05, 3.63) is 73.4 Å². The molecule has 3 unspecified atom stereocenters. The Bertz CT molecular complexity index is 2920. The van der Waals surface area contributed by atoms with Crippen LogP contribution in [0, 0.1) is 29.6 Å². The topological polar surface area (TPSA) is 319 Å². The number of hydrogen-bond donors (Lipinski definition) is 6. The van der Waals surface area contributed by atoms with E-state index >= 15 is 14.4 Å². The number of rotatable bonds is 43. The minimum absolute atomic E-state index is 0.0136. The second-order valence-electron chi connectivity index (χ2n) is 28.9.